The number of aryl methyl sites for hydroxylation is 1. The molecule has 0 radical (unpaired) electrons. The number of aromatic nitrogens is 1. The van der Waals surface area contributed by atoms with E-state index >= 15 is 0 Å². The summed E-state index contributed by atoms with van der Waals surface area (Å²) in [6, 6.07) is 7.57. The number of hydrogen-bond donors (Lipinski definition) is 1. The highest BCUT2D eigenvalue weighted by atomic mass is 16.4. The number of aromatic carboxylic acids is 1. The largest absolute Gasteiger partial charge is 0.476 e. The van der Waals surface area contributed by atoms with Crippen LogP contribution in [0.1, 0.15) is 16.2 Å². The van der Waals surface area contributed by atoms with E-state index in [4.69, 9.17) is 9.52 Å². The van der Waals surface area contributed by atoms with E-state index in [0.29, 0.717) is 11.7 Å². The van der Waals surface area contributed by atoms with E-state index < -0.39 is 5.97 Å². The molecule has 0 aliphatic heterocycles. The molecule has 0 saturated carbocycles. The zero-order chi connectivity index (χ0) is 13.3. The monoisotopic (exact) mass is 246 g/mol. The molecule has 5 nitrogen and oxygen atoms in total. The maximum Gasteiger partial charge on any atom is 0.358 e. The molecule has 18 heavy (non-hydrogen) atoms. The van der Waals surface area contributed by atoms with Crippen molar-refractivity contribution in [1.82, 2.24) is 4.98 Å². The lowest BCUT2D eigenvalue weighted by atomic mass is 10.2. The molecule has 0 spiro atoms. The second-order valence-electron chi connectivity index (χ2n) is 4.17. The van der Waals surface area contributed by atoms with Crippen molar-refractivity contribution in [3.8, 4) is 11.5 Å². The van der Waals surface area contributed by atoms with Crippen molar-refractivity contribution in [3.63, 3.8) is 0 Å². The molecule has 0 unspecified atom stereocenters. The van der Waals surface area contributed by atoms with Gasteiger partial charge in [-0.05, 0) is 25.1 Å². The van der Waals surface area contributed by atoms with Gasteiger partial charge in [-0.1, -0.05) is 6.07 Å². The van der Waals surface area contributed by atoms with Crippen LogP contribution in [-0.4, -0.2) is 30.2 Å². The molecule has 1 heterocycles. The highest BCUT2D eigenvalue weighted by Crippen LogP contribution is 2.25. The van der Waals surface area contributed by atoms with Crippen LogP contribution >= 0.6 is 0 Å². The molecule has 5 heteroatoms. The SMILES string of the molecule is Cc1oc(-c2cccc(N(C)C)c2)nc1C(=O)O. The minimum atomic E-state index is -1.08. The van der Waals surface area contributed by atoms with Crippen LogP contribution in [0, 0.1) is 6.92 Å². The van der Waals surface area contributed by atoms with Crippen LogP contribution in [0.5, 0.6) is 0 Å². The lowest BCUT2D eigenvalue weighted by Crippen LogP contribution is -2.08. The molecule has 0 aliphatic rings. The molecule has 0 atom stereocenters. The molecule has 0 bridgehead atoms. The Hall–Kier alpha value is -2.30. The minimum absolute atomic E-state index is 0.0414. The first kappa shape index (κ1) is 12.2. The molecular formula is C13H14N2O3. The van der Waals surface area contributed by atoms with Crippen molar-refractivity contribution < 1.29 is 14.3 Å². The summed E-state index contributed by atoms with van der Waals surface area (Å²) in [6.45, 7) is 1.59. The fraction of sp³-hybridized carbons (Fsp3) is 0.231. The van der Waals surface area contributed by atoms with Gasteiger partial charge in [0.25, 0.3) is 0 Å². The number of carboxylic acid groups (broad SMARTS) is 1. The van der Waals surface area contributed by atoms with E-state index in [2.05, 4.69) is 4.98 Å². The normalized spacial score (nSPS) is 10.4. The standard InChI is InChI=1S/C13H14N2O3/c1-8-11(13(16)17)14-12(18-8)9-5-4-6-10(7-9)15(2)3/h4-7H,1-3H3,(H,16,17). The second-order valence-corrected chi connectivity index (χ2v) is 4.17. The van der Waals surface area contributed by atoms with E-state index in [0.717, 1.165) is 11.3 Å². The number of carbonyl (C=O) groups is 1. The van der Waals surface area contributed by atoms with Crippen molar-refractivity contribution in [3.05, 3.63) is 35.7 Å². The Bertz CT molecular complexity index is 588. The molecule has 0 amide bonds. The Balaban J connectivity index is 2.45. The summed E-state index contributed by atoms with van der Waals surface area (Å²) < 4.78 is 5.39. The van der Waals surface area contributed by atoms with Crippen molar-refractivity contribution in [2.45, 2.75) is 6.92 Å². The third-order valence-corrected chi connectivity index (χ3v) is 2.61. The summed E-state index contributed by atoms with van der Waals surface area (Å²) in [4.78, 5) is 16.9. The van der Waals surface area contributed by atoms with Gasteiger partial charge in [0.2, 0.25) is 5.89 Å². The van der Waals surface area contributed by atoms with Gasteiger partial charge in [0.1, 0.15) is 5.76 Å². The first-order valence-corrected chi connectivity index (χ1v) is 5.47. The molecule has 2 aromatic rings. The van der Waals surface area contributed by atoms with Crippen molar-refractivity contribution >= 4 is 11.7 Å². The number of carboxylic acids is 1. The molecule has 1 N–H and O–H groups in total. The van der Waals surface area contributed by atoms with Gasteiger partial charge in [-0.2, -0.15) is 0 Å². The highest BCUT2D eigenvalue weighted by Gasteiger charge is 2.17. The van der Waals surface area contributed by atoms with Crippen molar-refractivity contribution in [2.24, 2.45) is 0 Å². The quantitative estimate of drug-likeness (QED) is 0.900. The molecule has 1 aromatic heterocycles. The van der Waals surface area contributed by atoms with Gasteiger partial charge in [-0.15, -0.1) is 0 Å². The summed E-state index contributed by atoms with van der Waals surface area (Å²) in [7, 11) is 3.87. The Morgan fingerprint density at radius 3 is 2.67 bits per heavy atom. The van der Waals surface area contributed by atoms with Crippen molar-refractivity contribution in [1.29, 1.82) is 0 Å². The summed E-state index contributed by atoms with van der Waals surface area (Å²) >= 11 is 0. The fourth-order valence-corrected chi connectivity index (χ4v) is 1.64. The van der Waals surface area contributed by atoms with Gasteiger partial charge >= 0.3 is 5.97 Å². The maximum atomic E-state index is 10.9. The summed E-state index contributed by atoms with van der Waals surface area (Å²) in [5.41, 5.74) is 1.72. The number of oxazole rings is 1. The van der Waals surface area contributed by atoms with E-state index in [1.807, 2.05) is 43.3 Å². The third-order valence-electron chi connectivity index (χ3n) is 2.61. The van der Waals surface area contributed by atoms with Crippen LogP contribution in [0.15, 0.2) is 28.7 Å². The smallest absolute Gasteiger partial charge is 0.358 e. The number of nitrogens with zero attached hydrogens (tertiary/aromatic N) is 2. The zero-order valence-electron chi connectivity index (χ0n) is 10.5. The predicted octanol–water partition coefficient (Wildman–Crippen LogP) is 2.41. The van der Waals surface area contributed by atoms with Gasteiger partial charge in [-0.3, -0.25) is 0 Å². The number of anilines is 1. The lowest BCUT2D eigenvalue weighted by Gasteiger charge is -2.12. The summed E-state index contributed by atoms with van der Waals surface area (Å²) in [5, 5.41) is 8.94. The predicted molar refractivity (Wildman–Crippen MR) is 68.0 cm³/mol. The summed E-state index contributed by atoms with van der Waals surface area (Å²) in [6.07, 6.45) is 0. The summed E-state index contributed by atoms with van der Waals surface area (Å²) in [5.74, 6) is -0.437. The van der Waals surface area contributed by atoms with Gasteiger partial charge in [0, 0.05) is 25.3 Å². The fourth-order valence-electron chi connectivity index (χ4n) is 1.64. The first-order chi connectivity index (χ1) is 8.49. The van der Waals surface area contributed by atoms with Crippen LogP contribution < -0.4 is 4.90 Å². The van der Waals surface area contributed by atoms with Gasteiger partial charge in [0.15, 0.2) is 5.69 Å². The Kier molecular flexibility index (Phi) is 3.06. The Morgan fingerprint density at radius 1 is 1.39 bits per heavy atom. The molecule has 0 aliphatic carbocycles. The first-order valence-electron chi connectivity index (χ1n) is 5.47. The van der Waals surface area contributed by atoms with Crippen LogP contribution in [0.3, 0.4) is 0 Å². The second kappa shape index (κ2) is 4.52. The number of benzene rings is 1. The minimum Gasteiger partial charge on any atom is -0.476 e. The van der Waals surface area contributed by atoms with Crippen LogP contribution in [0.4, 0.5) is 5.69 Å². The Morgan fingerprint density at radius 2 is 2.11 bits per heavy atom. The van der Waals surface area contributed by atoms with Crippen LogP contribution in [-0.2, 0) is 0 Å². The van der Waals surface area contributed by atoms with Crippen LogP contribution in [0.2, 0.25) is 0 Å². The average molecular weight is 246 g/mol. The highest BCUT2D eigenvalue weighted by molar-refractivity contribution is 5.87. The van der Waals surface area contributed by atoms with E-state index in [9.17, 15) is 4.79 Å². The third kappa shape index (κ3) is 2.20. The average Bonchev–Trinajstić information content (AvgIpc) is 2.71. The van der Waals surface area contributed by atoms with Gasteiger partial charge in [0.05, 0.1) is 0 Å². The van der Waals surface area contributed by atoms with E-state index in [1.165, 1.54) is 0 Å². The van der Waals surface area contributed by atoms with E-state index in [1.54, 1.807) is 6.92 Å². The van der Waals surface area contributed by atoms with Crippen molar-refractivity contribution in [2.75, 3.05) is 19.0 Å². The molecule has 2 rings (SSSR count). The maximum absolute atomic E-state index is 10.9. The zero-order valence-corrected chi connectivity index (χ0v) is 10.5. The lowest BCUT2D eigenvalue weighted by molar-refractivity contribution is 0.0689. The number of rotatable bonds is 3. The van der Waals surface area contributed by atoms with E-state index in [-0.39, 0.29) is 5.69 Å². The van der Waals surface area contributed by atoms with Gasteiger partial charge < -0.3 is 14.4 Å². The number of hydrogen-bond acceptors (Lipinski definition) is 4. The molecule has 94 valence electrons. The van der Waals surface area contributed by atoms with Crippen LogP contribution in [0.25, 0.3) is 11.5 Å². The topological polar surface area (TPSA) is 66.6 Å². The molecule has 1 aromatic carbocycles. The van der Waals surface area contributed by atoms with Gasteiger partial charge in [-0.25, -0.2) is 9.78 Å². The molecule has 0 fully saturated rings. The molecule has 0 saturated heterocycles. The Labute approximate surface area is 105 Å². The molecular weight excluding hydrogens is 232 g/mol.